The third kappa shape index (κ3) is 2.40. The first-order valence-electron chi connectivity index (χ1n) is 7.62. The summed E-state index contributed by atoms with van der Waals surface area (Å²) in [5.41, 5.74) is 0.950. The van der Waals surface area contributed by atoms with Crippen LogP contribution in [0.3, 0.4) is 0 Å². The van der Waals surface area contributed by atoms with Crippen LogP contribution < -0.4 is 0 Å². The molecule has 0 aliphatic carbocycles. The molecule has 2 saturated heterocycles. The van der Waals surface area contributed by atoms with Crippen molar-refractivity contribution in [1.82, 2.24) is 4.90 Å². The lowest BCUT2D eigenvalue weighted by Gasteiger charge is -2.36. The minimum absolute atomic E-state index is 0.0788. The fourth-order valence-electron chi connectivity index (χ4n) is 3.97. The van der Waals surface area contributed by atoms with Gasteiger partial charge in [0.15, 0.2) is 0 Å². The molecule has 2 aliphatic rings. The zero-order valence-electron chi connectivity index (χ0n) is 12.0. The van der Waals surface area contributed by atoms with Gasteiger partial charge in [-0.05, 0) is 38.3 Å². The minimum atomic E-state index is -0.344. The normalized spacial score (nSPS) is 31.2. The van der Waals surface area contributed by atoms with Gasteiger partial charge in [-0.3, -0.25) is 4.79 Å². The smallest absolute Gasteiger partial charge is 0.145 e. The van der Waals surface area contributed by atoms with Crippen molar-refractivity contribution in [1.29, 1.82) is 0 Å². The number of carbonyl (C=O) groups is 1. The van der Waals surface area contributed by atoms with Gasteiger partial charge in [0.05, 0.1) is 12.5 Å². The molecular weight excluding hydrogens is 250 g/mol. The van der Waals surface area contributed by atoms with E-state index in [9.17, 15) is 9.90 Å². The molecule has 3 unspecified atom stereocenters. The van der Waals surface area contributed by atoms with Gasteiger partial charge in [-0.25, -0.2) is 0 Å². The maximum absolute atomic E-state index is 12.8. The first-order valence-corrected chi connectivity index (χ1v) is 7.62. The van der Waals surface area contributed by atoms with Crippen LogP contribution in [0.15, 0.2) is 30.3 Å². The maximum Gasteiger partial charge on any atom is 0.145 e. The Labute approximate surface area is 120 Å². The van der Waals surface area contributed by atoms with Crippen LogP contribution in [-0.4, -0.2) is 41.5 Å². The number of hydrogen-bond acceptors (Lipinski definition) is 3. The molecule has 1 aromatic carbocycles. The van der Waals surface area contributed by atoms with Crippen LogP contribution in [-0.2, 0) is 4.79 Å². The summed E-state index contributed by atoms with van der Waals surface area (Å²) in [4.78, 5) is 15.2. The lowest BCUT2D eigenvalue weighted by molar-refractivity contribution is -0.127. The number of ketones is 1. The summed E-state index contributed by atoms with van der Waals surface area (Å²) in [6, 6.07) is 10.8. The highest BCUT2D eigenvalue weighted by Gasteiger charge is 2.42. The minimum Gasteiger partial charge on any atom is -0.395 e. The quantitative estimate of drug-likeness (QED) is 0.914. The van der Waals surface area contributed by atoms with E-state index in [0.29, 0.717) is 12.1 Å². The third-order valence-corrected chi connectivity index (χ3v) is 5.23. The topological polar surface area (TPSA) is 40.5 Å². The Hall–Kier alpha value is -1.19. The second kappa shape index (κ2) is 5.66. The van der Waals surface area contributed by atoms with Crippen LogP contribution >= 0.6 is 0 Å². The summed E-state index contributed by atoms with van der Waals surface area (Å²) in [6.45, 7) is -0.0788. The molecule has 3 heteroatoms. The summed E-state index contributed by atoms with van der Waals surface area (Å²) < 4.78 is 0. The second-order valence-electron chi connectivity index (χ2n) is 6.27. The lowest BCUT2D eigenvalue weighted by atomic mass is 9.80. The maximum atomic E-state index is 12.8. The van der Waals surface area contributed by atoms with E-state index in [4.69, 9.17) is 0 Å². The van der Waals surface area contributed by atoms with Crippen molar-refractivity contribution in [3.8, 4) is 0 Å². The number of hydrogen-bond donors (Lipinski definition) is 1. The average molecular weight is 273 g/mol. The largest absolute Gasteiger partial charge is 0.395 e. The lowest BCUT2D eigenvalue weighted by Crippen LogP contribution is -2.43. The molecule has 1 aromatic rings. The molecule has 2 bridgehead atoms. The van der Waals surface area contributed by atoms with Crippen molar-refractivity contribution < 1.29 is 9.90 Å². The van der Waals surface area contributed by atoms with Crippen LogP contribution in [0, 0.1) is 5.92 Å². The van der Waals surface area contributed by atoms with Gasteiger partial charge in [0.1, 0.15) is 5.78 Å². The van der Waals surface area contributed by atoms with Crippen molar-refractivity contribution in [2.45, 2.75) is 43.7 Å². The molecule has 0 radical (unpaired) electrons. The number of Topliss-reactive ketones (excluding diaryl/α,β-unsaturated/α-hetero) is 1. The van der Waals surface area contributed by atoms with Crippen LogP contribution in [0.1, 0.15) is 37.2 Å². The molecule has 4 atom stereocenters. The van der Waals surface area contributed by atoms with Crippen LogP contribution in [0.25, 0.3) is 0 Å². The summed E-state index contributed by atoms with van der Waals surface area (Å²) in [5.74, 6) is 0.0220. The number of nitrogens with zero attached hydrogens (tertiary/aromatic N) is 1. The molecule has 3 rings (SSSR count). The Kier molecular flexibility index (Phi) is 3.90. The predicted molar refractivity (Wildman–Crippen MR) is 78.6 cm³/mol. The Balaban J connectivity index is 1.75. The number of rotatable bonds is 4. The van der Waals surface area contributed by atoms with E-state index < -0.39 is 0 Å². The van der Waals surface area contributed by atoms with Crippen LogP contribution in [0.5, 0.6) is 0 Å². The molecule has 0 spiro atoms. The molecule has 2 aliphatic heterocycles. The first-order chi connectivity index (χ1) is 9.70. The molecule has 108 valence electrons. The van der Waals surface area contributed by atoms with Gasteiger partial charge in [0, 0.05) is 18.0 Å². The number of carbonyl (C=O) groups excluding carboxylic acids is 1. The van der Waals surface area contributed by atoms with Gasteiger partial charge in [-0.15, -0.1) is 0 Å². The molecule has 20 heavy (non-hydrogen) atoms. The van der Waals surface area contributed by atoms with E-state index in [2.05, 4.69) is 11.9 Å². The Morgan fingerprint density at radius 2 is 1.85 bits per heavy atom. The van der Waals surface area contributed by atoms with E-state index in [0.717, 1.165) is 18.4 Å². The standard InChI is InChI=1S/C17H23NO2/c1-18-14-7-8-15(18)10-13(9-14)17(20)16(11-19)12-5-3-2-4-6-12/h2-6,13-16,19H,7-11H2,1H3/t13?,14-,15?,16?/m1/s1. The van der Waals surface area contributed by atoms with E-state index in [1.807, 2.05) is 30.3 Å². The van der Waals surface area contributed by atoms with E-state index in [1.165, 1.54) is 12.8 Å². The van der Waals surface area contributed by atoms with Gasteiger partial charge < -0.3 is 10.0 Å². The first kappa shape index (κ1) is 13.8. The number of aliphatic hydroxyl groups is 1. The summed E-state index contributed by atoms with van der Waals surface area (Å²) in [6.07, 6.45) is 4.38. The number of piperidine rings is 1. The molecule has 0 aromatic heterocycles. The summed E-state index contributed by atoms with van der Waals surface area (Å²) >= 11 is 0. The monoisotopic (exact) mass is 273 g/mol. The molecule has 2 heterocycles. The summed E-state index contributed by atoms with van der Waals surface area (Å²) in [7, 11) is 2.18. The molecule has 3 nitrogen and oxygen atoms in total. The fraction of sp³-hybridized carbons (Fsp3) is 0.588. The van der Waals surface area contributed by atoms with Crippen LogP contribution in [0.4, 0.5) is 0 Å². The molecule has 0 amide bonds. The number of fused-ring (bicyclic) bond motifs is 2. The van der Waals surface area contributed by atoms with Crippen molar-refractivity contribution in [2.24, 2.45) is 5.92 Å². The van der Waals surface area contributed by atoms with Crippen molar-refractivity contribution in [2.75, 3.05) is 13.7 Å². The molecular formula is C17H23NO2. The highest BCUT2D eigenvalue weighted by molar-refractivity contribution is 5.88. The van der Waals surface area contributed by atoms with E-state index >= 15 is 0 Å². The van der Waals surface area contributed by atoms with Crippen molar-refractivity contribution in [3.63, 3.8) is 0 Å². The van der Waals surface area contributed by atoms with Crippen molar-refractivity contribution in [3.05, 3.63) is 35.9 Å². The highest BCUT2D eigenvalue weighted by atomic mass is 16.3. The molecule has 2 fully saturated rings. The third-order valence-electron chi connectivity index (χ3n) is 5.23. The zero-order chi connectivity index (χ0) is 14.1. The van der Waals surface area contributed by atoms with Crippen molar-refractivity contribution >= 4 is 5.78 Å². The number of benzene rings is 1. The van der Waals surface area contributed by atoms with Gasteiger partial charge in [0.2, 0.25) is 0 Å². The average Bonchev–Trinajstić information content (AvgIpc) is 2.70. The SMILES string of the molecule is CN1C2CC[C@@H]1CC(C(=O)C(CO)c1ccccc1)C2. The highest BCUT2D eigenvalue weighted by Crippen LogP contribution is 2.39. The Bertz CT molecular complexity index is 459. The van der Waals surface area contributed by atoms with E-state index in [-0.39, 0.29) is 24.2 Å². The van der Waals surface area contributed by atoms with Gasteiger partial charge >= 0.3 is 0 Å². The Morgan fingerprint density at radius 1 is 1.25 bits per heavy atom. The number of aliphatic hydroxyl groups excluding tert-OH is 1. The summed E-state index contributed by atoms with van der Waals surface area (Å²) in [5, 5.41) is 9.65. The van der Waals surface area contributed by atoms with Gasteiger partial charge in [-0.1, -0.05) is 30.3 Å². The van der Waals surface area contributed by atoms with E-state index in [1.54, 1.807) is 0 Å². The Morgan fingerprint density at radius 3 is 2.40 bits per heavy atom. The molecule has 1 N–H and O–H groups in total. The second-order valence-corrected chi connectivity index (χ2v) is 6.27. The van der Waals surface area contributed by atoms with Gasteiger partial charge in [-0.2, -0.15) is 0 Å². The predicted octanol–water partition coefficient (Wildman–Crippen LogP) is 2.20. The fourth-order valence-corrected chi connectivity index (χ4v) is 3.97. The van der Waals surface area contributed by atoms with Gasteiger partial charge in [0.25, 0.3) is 0 Å². The zero-order valence-corrected chi connectivity index (χ0v) is 12.0. The molecule has 0 saturated carbocycles. The van der Waals surface area contributed by atoms with Crippen LogP contribution in [0.2, 0.25) is 0 Å².